The molecule has 0 fully saturated rings. The maximum Gasteiger partial charge on any atom is 0.249 e. The van der Waals surface area contributed by atoms with E-state index in [1.54, 1.807) is 0 Å². The molecule has 190 valence electrons. The first-order chi connectivity index (χ1) is 17.2. The lowest BCUT2D eigenvalue weighted by Crippen LogP contribution is -2.39. The molecule has 0 saturated carbocycles. The van der Waals surface area contributed by atoms with Crippen molar-refractivity contribution in [2.45, 2.75) is 52.4 Å². The van der Waals surface area contributed by atoms with Crippen LogP contribution in [0, 0.1) is 5.41 Å². The van der Waals surface area contributed by atoms with Gasteiger partial charge in [0.25, 0.3) is 0 Å². The molecule has 36 heavy (non-hydrogen) atoms. The van der Waals surface area contributed by atoms with Crippen molar-refractivity contribution < 1.29 is 4.79 Å². The monoisotopic (exact) mass is 483 g/mol. The van der Waals surface area contributed by atoms with Crippen LogP contribution >= 0.6 is 0 Å². The lowest BCUT2D eigenvalue weighted by atomic mass is 9.67. The lowest BCUT2D eigenvalue weighted by Gasteiger charge is -2.42. The number of hydrogen-bond acceptors (Lipinski definition) is 3. The van der Waals surface area contributed by atoms with E-state index in [1.807, 2.05) is 6.07 Å². The molecule has 1 aliphatic carbocycles. The number of nitrogens with zero attached hydrogens (tertiary/aromatic N) is 1. The van der Waals surface area contributed by atoms with Crippen LogP contribution in [0.3, 0.4) is 0 Å². The van der Waals surface area contributed by atoms with Crippen LogP contribution in [0.25, 0.3) is 11.1 Å². The molecule has 1 amide bonds. The summed E-state index contributed by atoms with van der Waals surface area (Å²) in [6.45, 7) is 12.9. The normalized spacial score (nSPS) is 19.3. The third-order valence-electron chi connectivity index (χ3n) is 7.27. The zero-order valence-corrected chi connectivity index (χ0v) is 22.6. The van der Waals surface area contributed by atoms with Gasteiger partial charge in [-0.05, 0) is 79.6 Å². The molecule has 4 rings (SSSR count). The van der Waals surface area contributed by atoms with Gasteiger partial charge in [-0.25, -0.2) is 0 Å². The Bertz CT molecular complexity index is 1170. The van der Waals surface area contributed by atoms with Crippen molar-refractivity contribution in [2.24, 2.45) is 5.41 Å². The maximum absolute atomic E-state index is 13.7. The summed E-state index contributed by atoms with van der Waals surface area (Å²) in [4.78, 5) is 15.9. The van der Waals surface area contributed by atoms with Gasteiger partial charge in [-0.3, -0.25) is 4.79 Å². The average molecular weight is 484 g/mol. The summed E-state index contributed by atoms with van der Waals surface area (Å²) in [5.41, 5.74) is 9.12. The summed E-state index contributed by atoms with van der Waals surface area (Å²) >= 11 is 0. The molecule has 1 atom stereocenters. The summed E-state index contributed by atoms with van der Waals surface area (Å²) < 4.78 is 0. The second kappa shape index (κ2) is 10.9. The molecule has 2 aromatic rings. The molecule has 0 saturated heterocycles. The van der Waals surface area contributed by atoms with E-state index >= 15 is 0 Å². The number of amides is 1. The number of rotatable bonds is 8. The Hall–Kier alpha value is -3.11. The zero-order chi connectivity index (χ0) is 25.9. The summed E-state index contributed by atoms with van der Waals surface area (Å²) in [5.74, 6) is -0.0853. The SMILES string of the molecule is C=C1CC(C)(C)CC2=C1C(c1ccc(-c3ccccc3)cc1)C(C(=O)NCCCN(C)C)=C(CC)N2. The molecule has 2 aromatic carbocycles. The van der Waals surface area contributed by atoms with Crippen molar-refractivity contribution in [1.82, 2.24) is 15.5 Å². The third kappa shape index (κ3) is 5.65. The van der Waals surface area contributed by atoms with Crippen molar-refractivity contribution in [3.8, 4) is 11.1 Å². The molecule has 4 heteroatoms. The van der Waals surface area contributed by atoms with Gasteiger partial charge in [0.15, 0.2) is 0 Å². The number of carbonyl (C=O) groups excluding carboxylic acids is 1. The summed E-state index contributed by atoms with van der Waals surface area (Å²) in [5, 5.41) is 6.92. The molecule has 0 radical (unpaired) electrons. The Labute approximate surface area is 217 Å². The standard InChI is InChI=1S/C32H41N3O/c1-7-26-30(31(36)33-18-11-19-35(5)6)29(28-22(2)20-32(3,4)21-27(28)34-26)25-16-14-24(15-17-25)23-12-9-8-10-13-23/h8-10,12-17,29,34H,2,7,11,18-21H2,1,3-6H3,(H,33,36). The van der Waals surface area contributed by atoms with E-state index in [9.17, 15) is 4.79 Å². The molecular weight excluding hydrogens is 442 g/mol. The van der Waals surface area contributed by atoms with Crippen LogP contribution in [0.1, 0.15) is 57.9 Å². The molecule has 0 aromatic heterocycles. The fraction of sp³-hybridized carbons (Fsp3) is 0.406. The van der Waals surface area contributed by atoms with Crippen molar-refractivity contribution in [1.29, 1.82) is 0 Å². The van der Waals surface area contributed by atoms with E-state index in [0.717, 1.165) is 54.6 Å². The Morgan fingerprint density at radius 1 is 1.06 bits per heavy atom. The van der Waals surface area contributed by atoms with Crippen LogP contribution in [-0.4, -0.2) is 38.0 Å². The Kier molecular flexibility index (Phi) is 7.85. The predicted molar refractivity (Wildman–Crippen MR) is 150 cm³/mol. The molecule has 0 spiro atoms. The highest BCUT2D eigenvalue weighted by atomic mass is 16.1. The van der Waals surface area contributed by atoms with E-state index in [-0.39, 0.29) is 17.2 Å². The number of allylic oxidation sites excluding steroid dienone is 4. The van der Waals surface area contributed by atoms with Crippen LogP contribution < -0.4 is 10.6 Å². The Balaban J connectivity index is 1.74. The molecule has 1 heterocycles. The van der Waals surface area contributed by atoms with Gasteiger partial charge in [-0.15, -0.1) is 0 Å². The topological polar surface area (TPSA) is 44.4 Å². The van der Waals surface area contributed by atoms with Crippen molar-refractivity contribution >= 4 is 5.91 Å². The van der Waals surface area contributed by atoms with Crippen molar-refractivity contribution in [3.05, 3.63) is 94.9 Å². The lowest BCUT2D eigenvalue weighted by molar-refractivity contribution is -0.117. The van der Waals surface area contributed by atoms with Gasteiger partial charge >= 0.3 is 0 Å². The van der Waals surface area contributed by atoms with Crippen LogP contribution in [-0.2, 0) is 4.79 Å². The minimum Gasteiger partial charge on any atom is -0.362 e. The molecule has 2 aliphatic rings. The summed E-state index contributed by atoms with van der Waals surface area (Å²) in [6, 6.07) is 19.2. The number of nitrogens with one attached hydrogen (secondary N) is 2. The minimum absolute atomic E-state index is 0.0272. The highest BCUT2D eigenvalue weighted by Crippen LogP contribution is 2.50. The van der Waals surface area contributed by atoms with Crippen LogP contribution in [0.4, 0.5) is 0 Å². The van der Waals surface area contributed by atoms with E-state index in [4.69, 9.17) is 0 Å². The van der Waals surface area contributed by atoms with Gasteiger partial charge in [-0.1, -0.05) is 81.9 Å². The highest BCUT2D eigenvalue weighted by molar-refractivity contribution is 5.97. The van der Waals surface area contributed by atoms with E-state index in [2.05, 4.69) is 106 Å². The van der Waals surface area contributed by atoms with Gasteiger partial charge in [0.2, 0.25) is 5.91 Å². The molecular formula is C32H41N3O. The smallest absolute Gasteiger partial charge is 0.249 e. The van der Waals surface area contributed by atoms with Crippen LogP contribution in [0.5, 0.6) is 0 Å². The van der Waals surface area contributed by atoms with E-state index < -0.39 is 0 Å². The molecule has 1 aliphatic heterocycles. The first-order valence-electron chi connectivity index (χ1n) is 13.2. The fourth-order valence-electron chi connectivity index (χ4n) is 5.65. The van der Waals surface area contributed by atoms with Crippen LogP contribution in [0.2, 0.25) is 0 Å². The van der Waals surface area contributed by atoms with Crippen molar-refractivity contribution in [2.75, 3.05) is 27.2 Å². The number of benzene rings is 2. The molecule has 2 N–H and O–H groups in total. The first-order valence-corrected chi connectivity index (χ1v) is 13.2. The molecule has 1 unspecified atom stereocenters. The second-order valence-electron chi connectivity index (χ2n) is 11.2. The van der Waals surface area contributed by atoms with Gasteiger partial charge in [0.05, 0.1) is 0 Å². The van der Waals surface area contributed by atoms with Crippen LogP contribution in [0.15, 0.2) is 89.3 Å². The zero-order valence-electron chi connectivity index (χ0n) is 22.6. The predicted octanol–water partition coefficient (Wildman–Crippen LogP) is 6.40. The third-order valence-corrected chi connectivity index (χ3v) is 7.27. The molecule has 4 nitrogen and oxygen atoms in total. The van der Waals surface area contributed by atoms with Gasteiger partial charge < -0.3 is 15.5 Å². The van der Waals surface area contributed by atoms with E-state index in [0.29, 0.717) is 6.54 Å². The van der Waals surface area contributed by atoms with Gasteiger partial charge in [-0.2, -0.15) is 0 Å². The van der Waals surface area contributed by atoms with Crippen molar-refractivity contribution in [3.63, 3.8) is 0 Å². The quantitative estimate of drug-likeness (QED) is 0.427. The average Bonchev–Trinajstić information content (AvgIpc) is 2.85. The maximum atomic E-state index is 13.7. The highest BCUT2D eigenvalue weighted by Gasteiger charge is 2.40. The Morgan fingerprint density at radius 2 is 1.72 bits per heavy atom. The largest absolute Gasteiger partial charge is 0.362 e. The second-order valence-corrected chi connectivity index (χ2v) is 11.2. The number of dihydropyridines is 1. The number of carbonyl (C=O) groups is 1. The van der Waals surface area contributed by atoms with E-state index in [1.165, 1.54) is 22.4 Å². The fourth-order valence-corrected chi connectivity index (χ4v) is 5.65. The van der Waals surface area contributed by atoms with Gasteiger partial charge in [0, 0.05) is 29.4 Å². The molecule has 0 bridgehead atoms. The minimum atomic E-state index is -0.113. The first kappa shape index (κ1) is 26.0. The summed E-state index contributed by atoms with van der Waals surface area (Å²) in [6.07, 6.45) is 3.60. The number of hydrogen-bond donors (Lipinski definition) is 2. The Morgan fingerprint density at radius 3 is 2.36 bits per heavy atom. The summed E-state index contributed by atoms with van der Waals surface area (Å²) in [7, 11) is 4.12. The van der Waals surface area contributed by atoms with Gasteiger partial charge in [0.1, 0.15) is 0 Å².